The van der Waals surface area contributed by atoms with Crippen LogP contribution in [-0.2, 0) is 6.54 Å². The molecule has 98 valence electrons. The highest BCUT2D eigenvalue weighted by atomic mass is 35.5. The van der Waals surface area contributed by atoms with Gasteiger partial charge in [0.25, 0.3) is 5.91 Å². The zero-order chi connectivity index (χ0) is 13.8. The van der Waals surface area contributed by atoms with Crippen molar-refractivity contribution in [3.8, 4) is 0 Å². The standard InChI is InChI=1S/C12H12ClN5O/c13-9-11(15)18-10(14)8(17-9)12(19)16-6-7-4-2-1-3-5-7/h1-5H,6H2,(H,16,19)(H4,14,15,18). The van der Waals surface area contributed by atoms with Crippen molar-refractivity contribution in [2.24, 2.45) is 0 Å². The van der Waals surface area contributed by atoms with Gasteiger partial charge in [0.2, 0.25) is 0 Å². The van der Waals surface area contributed by atoms with Gasteiger partial charge in [-0.05, 0) is 5.56 Å². The highest BCUT2D eigenvalue weighted by Gasteiger charge is 2.15. The van der Waals surface area contributed by atoms with E-state index < -0.39 is 5.91 Å². The zero-order valence-corrected chi connectivity index (χ0v) is 10.7. The van der Waals surface area contributed by atoms with Crippen LogP contribution in [0.1, 0.15) is 16.1 Å². The molecule has 7 heteroatoms. The number of nitrogens with one attached hydrogen (secondary N) is 1. The van der Waals surface area contributed by atoms with Gasteiger partial charge in [-0.1, -0.05) is 41.9 Å². The lowest BCUT2D eigenvalue weighted by molar-refractivity contribution is 0.0946. The van der Waals surface area contributed by atoms with E-state index in [0.29, 0.717) is 6.54 Å². The van der Waals surface area contributed by atoms with Crippen LogP contribution < -0.4 is 16.8 Å². The number of nitrogen functional groups attached to an aromatic ring is 2. The molecule has 6 nitrogen and oxygen atoms in total. The first-order valence-electron chi connectivity index (χ1n) is 5.48. The smallest absolute Gasteiger partial charge is 0.274 e. The second-order valence-electron chi connectivity index (χ2n) is 3.80. The number of halogens is 1. The van der Waals surface area contributed by atoms with E-state index in [9.17, 15) is 4.79 Å². The molecule has 2 aromatic rings. The van der Waals surface area contributed by atoms with Gasteiger partial charge in [0, 0.05) is 6.54 Å². The fraction of sp³-hybridized carbons (Fsp3) is 0.0833. The predicted octanol–water partition coefficient (Wildman–Crippen LogP) is 1.22. The maximum absolute atomic E-state index is 11.9. The zero-order valence-electron chi connectivity index (χ0n) is 9.93. The molecule has 0 aliphatic rings. The lowest BCUT2D eigenvalue weighted by Gasteiger charge is -2.07. The van der Waals surface area contributed by atoms with Gasteiger partial charge in [-0.3, -0.25) is 4.79 Å². The van der Waals surface area contributed by atoms with Crippen LogP contribution in [-0.4, -0.2) is 15.9 Å². The lowest BCUT2D eigenvalue weighted by Crippen LogP contribution is -2.25. The summed E-state index contributed by atoms with van der Waals surface area (Å²) in [5.74, 6) is -0.498. The van der Waals surface area contributed by atoms with Crippen LogP contribution in [0.15, 0.2) is 30.3 Å². The number of carbonyl (C=O) groups excluding carboxylic acids is 1. The molecule has 0 spiro atoms. The molecule has 0 atom stereocenters. The van der Waals surface area contributed by atoms with E-state index in [1.54, 1.807) is 0 Å². The van der Waals surface area contributed by atoms with Crippen LogP contribution in [0.25, 0.3) is 0 Å². The summed E-state index contributed by atoms with van der Waals surface area (Å²) in [4.78, 5) is 19.5. The van der Waals surface area contributed by atoms with Gasteiger partial charge in [0.15, 0.2) is 22.5 Å². The molecule has 19 heavy (non-hydrogen) atoms. The van der Waals surface area contributed by atoms with E-state index in [0.717, 1.165) is 5.56 Å². The summed E-state index contributed by atoms with van der Waals surface area (Å²) in [6.45, 7) is 0.364. The molecule has 0 bridgehead atoms. The Bertz CT molecular complexity index is 603. The summed E-state index contributed by atoms with van der Waals surface area (Å²) in [5, 5.41) is 2.64. The molecule has 1 aromatic heterocycles. The van der Waals surface area contributed by atoms with E-state index in [1.165, 1.54) is 0 Å². The summed E-state index contributed by atoms with van der Waals surface area (Å²) in [5.41, 5.74) is 12.0. The number of aromatic nitrogens is 2. The lowest BCUT2D eigenvalue weighted by atomic mass is 10.2. The number of anilines is 2. The van der Waals surface area contributed by atoms with Crippen molar-refractivity contribution in [1.82, 2.24) is 15.3 Å². The normalized spacial score (nSPS) is 10.2. The summed E-state index contributed by atoms with van der Waals surface area (Å²) < 4.78 is 0. The van der Waals surface area contributed by atoms with Gasteiger partial charge in [-0.25, -0.2) is 9.97 Å². The predicted molar refractivity (Wildman–Crippen MR) is 73.5 cm³/mol. The van der Waals surface area contributed by atoms with Gasteiger partial charge >= 0.3 is 0 Å². The van der Waals surface area contributed by atoms with Crippen molar-refractivity contribution in [3.05, 3.63) is 46.7 Å². The third kappa shape index (κ3) is 3.11. The van der Waals surface area contributed by atoms with Crippen molar-refractivity contribution < 1.29 is 4.79 Å². The first-order valence-corrected chi connectivity index (χ1v) is 5.86. The Morgan fingerprint density at radius 3 is 2.53 bits per heavy atom. The molecular formula is C12H12ClN5O. The number of amides is 1. The molecule has 2 rings (SSSR count). The Kier molecular flexibility index (Phi) is 3.82. The summed E-state index contributed by atoms with van der Waals surface area (Å²) in [6, 6.07) is 9.45. The average Bonchev–Trinajstić information content (AvgIpc) is 2.41. The van der Waals surface area contributed by atoms with Gasteiger partial charge in [0.05, 0.1) is 0 Å². The molecule has 0 fully saturated rings. The quantitative estimate of drug-likeness (QED) is 0.782. The highest BCUT2D eigenvalue weighted by Crippen LogP contribution is 2.17. The molecule has 1 heterocycles. The van der Waals surface area contributed by atoms with Crippen LogP contribution in [0.5, 0.6) is 0 Å². The molecule has 0 saturated carbocycles. The minimum atomic E-state index is -0.448. The van der Waals surface area contributed by atoms with Crippen LogP contribution >= 0.6 is 11.6 Å². The van der Waals surface area contributed by atoms with Gasteiger partial charge in [-0.15, -0.1) is 0 Å². The fourth-order valence-corrected chi connectivity index (χ4v) is 1.60. The number of nitrogens with two attached hydrogens (primary N) is 2. The molecule has 0 radical (unpaired) electrons. The summed E-state index contributed by atoms with van der Waals surface area (Å²) >= 11 is 5.71. The van der Waals surface area contributed by atoms with E-state index >= 15 is 0 Å². The number of benzene rings is 1. The molecule has 1 amide bonds. The Morgan fingerprint density at radius 2 is 1.84 bits per heavy atom. The molecule has 0 saturated heterocycles. The van der Waals surface area contributed by atoms with Gasteiger partial charge in [0.1, 0.15) is 0 Å². The SMILES string of the molecule is Nc1nc(N)c(C(=O)NCc2ccccc2)nc1Cl. The largest absolute Gasteiger partial charge is 0.382 e. The highest BCUT2D eigenvalue weighted by molar-refractivity contribution is 6.31. The minimum Gasteiger partial charge on any atom is -0.382 e. The van der Waals surface area contributed by atoms with Crippen molar-refractivity contribution in [1.29, 1.82) is 0 Å². The van der Waals surface area contributed by atoms with E-state index in [-0.39, 0.29) is 22.5 Å². The van der Waals surface area contributed by atoms with Crippen molar-refractivity contribution >= 4 is 29.1 Å². The van der Waals surface area contributed by atoms with Crippen LogP contribution in [0, 0.1) is 0 Å². The fourth-order valence-electron chi connectivity index (χ4n) is 1.47. The Morgan fingerprint density at radius 1 is 1.16 bits per heavy atom. The monoisotopic (exact) mass is 277 g/mol. The maximum Gasteiger partial charge on any atom is 0.274 e. The topological polar surface area (TPSA) is 107 Å². The van der Waals surface area contributed by atoms with Gasteiger partial charge < -0.3 is 16.8 Å². The second-order valence-corrected chi connectivity index (χ2v) is 4.16. The second kappa shape index (κ2) is 5.53. The maximum atomic E-state index is 11.9. The first kappa shape index (κ1) is 13.1. The van der Waals surface area contributed by atoms with E-state index in [2.05, 4.69) is 15.3 Å². The minimum absolute atomic E-state index is 0.00113. The van der Waals surface area contributed by atoms with Crippen molar-refractivity contribution in [2.75, 3.05) is 11.5 Å². The third-order valence-electron chi connectivity index (χ3n) is 2.42. The van der Waals surface area contributed by atoms with Crippen molar-refractivity contribution in [2.45, 2.75) is 6.54 Å². The van der Waals surface area contributed by atoms with Crippen LogP contribution in [0.4, 0.5) is 11.6 Å². The van der Waals surface area contributed by atoms with Gasteiger partial charge in [-0.2, -0.15) is 0 Å². The molecule has 1 aromatic carbocycles. The first-order chi connectivity index (χ1) is 9.08. The Labute approximate surface area is 114 Å². The third-order valence-corrected chi connectivity index (χ3v) is 2.69. The molecular weight excluding hydrogens is 266 g/mol. The summed E-state index contributed by atoms with van der Waals surface area (Å²) in [7, 11) is 0. The number of nitrogens with zero attached hydrogens (tertiary/aromatic N) is 2. The van der Waals surface area contributed by atoms with E-state index in [4.69, 9.17) is 23.1 Å². The number of hydrogen-bond acceptors (Lipinski definition) is 5. The molecule has 0 aliphatic heterocycles. The Balaban J connectivity index is 2.10. The van der Waals surface area contributed by atoms with Crippen LogP contribution in [0.2, 0.25) is 5.15 Å². The number of rotatable bonds is 3. The number of hydrogen-bond donors (Lipinski definition) is 3. The molecule has 5 N–H and O–H groups in total. The number of carbonyl (C=O) groups is 1. The van der Waals surface area contributed by atoms with Crippen LogP contribution in [0.3, 0.4) is 0 Å². The average molecular weight is 278 g/mol. The van der Waals surface area contributed by atoms with E-state index in [1.807, 2.05) is 30.3 Å². The van der Waals surface area contributed by atoms with Crippen molar-refractivity contribution in [3.63, 3.8) is 0 Å². The Hall–Kier alpha value is -2.34. The summed E-state index contributed by atoms with van der Waals surface area (Å²) in [6.07, 6.45) is 0. The molecule has 0 aliphatic carbocycles. The molecule has 0 unspecified atom stereocenters.